The number of rotatable bonds is 11. The summed E-state index contributed by atoms with van der Waals surface area (Å²) in [5, 5.41) is 0.0842. The van der Waals surface area contributed by atoms with E-state index in [-0.39, 0.29) is 16.8 Å². The van der Waals surface area contributed by atoms with Crippen LogP contribution in [0.2, 0.25) is 18.1 Å². The van der Waals surface area contributed by atoms with E-state index in [4.69, 9.17) is 18.6 Å². The van der Waals surface area contributed by atoms with E-state index in [1.807, 2.05) is 23.1 Å². The van der Waals surface area contributed by atoms with Gasteiger partial charge in [-0.2, -0.15) is 0 Å². The van der Waals surface area contributed by atoms with Crippen molar-refractivity contribution in [2.45, 2.75) is 64.7 Å². The summed E-state index contributed by atoms with van der Waals surface area (Å²) in [5.74, 6) is 1.41. The molecule has 6 nitrogen and oxygen atoms in total. The van der Waals surface area contributed by atoms with Gasteiger partial charge in [0.25, 0.3) is 0 Å². The first-order chi connectivity index (χ1) is 17.4. The highest BCUT2D eigenvalue weighted by molar-refractivity contribution is 6.74. The minimum absolute atomic E-state index is 0.0735. The summed E-state index contributed by atoms with van der Waals surface area (Å²) in [6.45, 7) is 12.6. The monoisotopic (exact) mass is 531 g/mol. The Morgan fingerprint density at radius 3 is 2.19 bits per heavy atom. The molecule has 1 aliphatic rings. The molecule has 0 saturated carbocycles. The number of methoxy groups -OCH3 is 3. The number of carbonyl (C=O) groups excluding carboxylic acids is 1. The summed E-state index contributed by atoms with van der Waals surface area (Å²) in [7, 11) is 2.76. The van der Waals surface area contributed by atoms with E-state index in [1.54, 1.807) is 27.4 Å². The van der Waals surface area contributed by atoms with Gasteiger partial charge in [-0.25, -0.2) is 4.39 Å². The van der Waals surface area contributed by atoms with Gasteiger partial charge in [-0.05, 0) is 72.8 Å². The lowest BCUT2D eigenvalue weighted by atomic mass is 9.77. The number of ether oxygens (including phenoxy) is 3. The van der Waals surface area contributed by atoms with E-state index >= 15 is 0 Å². The minimum Gasteiger partial charge on any atom is -0.493 e. The standard InChI is InChI=1S/C29H42FNO5Si/c1-28(2,3)37(7,8)36-15-13-29(19-21-10-9-11-23(30)16-21)12-14-31(27(29)32)20-22-17-24(33-4)26(35-6)25(18-22)34-5/h9-11,16-18H,12-15,19-20H2,1-8H3. The van der Waals surface area contributed by atoms with E-state index in [0.717, 1.165) is 11.1 Å². The zero-order valence-corrected chi connectivity index (χ0v) is 24.6. The predicted octanol–water partition coefficient (Wildman–Crippen LogP) is 6.22. The fourth-order valence-electron chi connectivity index (χ4n) is 4.73. The van der Waals surface area contributed by atoms with Crippen molar-refractivity contribution in [3.63, 3.8) is 0 Å². The highest BCUT2D eigenvalue weighted by atomic mass is 28.4. The van der Waals surface area contributed by atoms with Gasteiger partial charge in [0.05, 0.1) is 26.7 Å². The van der Waals surface area contributed by atoms with Crippen molar-refractivity contribution < 1.29 is 27.8 Å². The molecule has 0 radical (unpaired) electrons. The second-order valence-corrected chi connectivity index (χ2v) is 16.3. The number of nitrogens with zero attached hydrogens (tertiary/aromatic N) is 1. The van der Waals surface area contributed by atoms with Gasteiger partial charge in [0, 0.05) is 19.7 Å². The first kappa shape index (κ1) is 29.0. The molecule has 37 heavy (non-hydrogen) atoms. The molecule has 1 unspecified atom stereocenters. The van der Waals surface area contributed by atoms with Crippen molar-refractivity contribution in [1.29, 1.82) is 0 Å². The van der Waals surface area contributed by atoms with Crippen molar-refractivity contribution in [1.82, 2.24) is 4.90 Å². The lowest BCUT2D eigenvalue weighted by Crippen LogP contribution is -2.43. The van der Waals surface area contributed by atoms with Gasteiger partial charge in [-0.1, -0.05) is 32.9 Å². The Kier molecular flexibility index (Phi) is 8.96. The Labute approximate surface area is 222 Å². The highest BCUT2D eigenvalue weighted by Crippen LogP contribution is 2.43. The first-order valence-electron chi connectivity index (χ1n) is 12.8. The Hall–Kier alpha value is -2.58. The average Bonchev–Trinajstić information content (AvgIpc) is 3.12. The van der Waals surface area contributed by atoms with Crippen LogP contribution in [0.15, 0.2) is 36.4 Å². The maximum absolute atomic E-state index is 14.0. The molecule has 0 bridgehead atoms. The highest BCUT2D eigenvalue weighted by Gasteiger charge is 2.47. The normalized spacial score (nSPS) is 18.3. The predicted molar refractivity (Wildman–Crippen MR) is 146 cm³/mol. The Morgan fingerprint density at radius 1 is 1.00 bits per heavy atom. The minimum atomic E-state index is -1.97. The topological polar surface area (TPSA) is 57.2 Å². The zero-order chi connectivity index (χ0) is 27.4. The second kappa shape index (κ2) is 11.4. The van der Waals surface area contributed by atoms with Crippen LogP contribution >= 0.6 is 0 Å². The zero-order valence-electron chi connectivity index (χ0n) is 23.6. The third kappa shape index (κ3) is 6.47. The van der Waals surface area contributed by atoms with E-state index < -0.39 is 13.7 Å². The molecule has 2 aromatic carbocycles. The number of hydrogen-bond donors (Lipinski definition) is 0. The lowest BCUT2D eigenvalue weighted by Gasteiger charge is -2.37. The van der Waals surface area contributed by atoms with Crippen LogP contribution in [-0.4, -0.2) is 53.6 Å². The van der Waals surface area contributed by atoms with E-state index in [2.05, 4.69) is 33.9 Å². The molecule has 0 aliphatic carbocycles. The quantitative estimate of drug-likeness (QED) is 0.322. The summed E-state index contributed by atoms with van der Waals surface area (Å²) in [6.07, 6.45) is 1.77. The van der Waals surface area contributed by atoms with E-state index in [0.29, 0.717) is 56.2 Å². The maximum atomic E-state index is 14.0. The van der Waals surface area contributed by atoms with Gasteiger partial charge >= 0.3 is 0 Å². The van der Waals surface area contributed by atoms with Crippen LogP contribution in [0, 0.1) is 11.2 Å². The van der Waals surface area contributed by atoms with Gasteiger partial charge in [0.1, 0.15) is 5.82 Å². The summed E-state index contributed by atoms with van der Waals surface area (Å²) >= 11 is 0. The van der Waals surface area contributed by atoms with E-state index in [9.17, 15) is 9.18 Å². The number of likely N-dealkylation sites (tertiary alicyclic amines) is 1. The Balaban J connectivity index is 1.86. The number of benzene rings is 2. The van der Waals surface area contributed by atoms with Crippen LogP contribution in [-0.2, 0) is 22.2 Å². The fourth-order valence-corrected chi connectivity index (χ4v) is 5.78. The smallest absolute Gasteiger partial charge is 0.229 e. The molecule has 1 atom stereocenters. The molecule has 8 heteroatoms. The summed E-state index contributed by atoms with van der Waals surface area (Å²) in [6, 6.07) is 10.3. The van der Waals surface area contributed by atoms with Gasteiger partial charge in [-0.3, -0.25) is 4.79 Å². The number of amides is 1. The third-order valence-corrected chi connectivity index (χ3v) is 12.5. The summed E-state index contributed by atoms with van der Waals surface area (Å²) in [5.41, 5.74) is 1.08. The SMILES string of the molecule is COc1cc(CN2CCC(CCO[Si](C)(C)C(C)(C)C)(Cc3cccc(F)c3)C2=O)cc(OC)c1OC. The molecule has 0 N–H and O–H groups in total. The molecular weight excluding hydrogens is 489 g/mol. The largest absolute Gasteiger partial charge is 0.493 e. The molecule has 1 aliphatic heterocycles. The van der Waals surface area contributed by atoms with Crippen molar-refractivity contribution >= 4 is 14.2 Å². The molecule has 2 aromatic rings. The van der Waals surface area contributed by atoms with Crippen LogP contribution in [0.1, 0.15) is 44.7 Å². The molecule has 0 spiro atoms. The molecule has 1 heterocycles. The molecule has 1 saturated heterocycles. The van der Waals surface area contributed by atoms with Crippen LogP contribution in [0.25, 0.3) is 0 Å². The Bertz CT molecular complexity index is 1070. The molecule has 1 fully saturated rings. The number of hydrogen-bond acceptors (Lipinski definition) is 5. The molecule has 1 amide bonds. The van der Waals surface area contributed by atoms with Crippen molar-refractivity contribution in [3.8, 4) is 17.2 Å². The fraction of sp³-hybridized carbons (Fsp3) is 0.552. The van der Waals surface area contributed by atoms with Gasteiger partial charge < -0.3 is 23.5 Å². The first-order valence-corrected chi connectivity index (χ1v) is 15.7. The Morgan fingerprint density at radius 2 is 1.65 bits per heavy atom. The van der Waals surface area contributed by atoms with Gasteiger partial charge in [0.15, 0.2) is 19.8 Å². The van der Waals surface area contributed by atoms with E-state index in [1.165, 1.54) is 12.1 Å². The van der Waals surface area contributed by atoms with Crippen LogP contribution < -0.4 is 14.2 Å². The number of halogens is 1. The number of carbonyl (C=O) groups is 1. The average molecular weight is 532 g/mol. The van der Waals surface area contributed by atoms with Crippen LogP contribution in [0.4, 0.5) is 4.39 Å². The lowest BCUT2D eigenvalue weighted by molar-refractivity contribution is -0.137. The van der Waals surface area contributed by atoms with Crippen LogP contribution in [0.5, 0.6) is 17.2 Å². The molecule has 3 rings (SSSR count). The summed E-state index contributed by atoms with van der Waals surface area (Å²) in [4.78, 5) is 15.9. The molecule has 0 aromatic heterocycles. The molecule has 204 valence electrons. The third-order valence-electron chi connectivity index (χ3n) is 7.98. The molecular formula is C29H42FNO5Si. The van der Waals surface area contributed by atoms with Gasteiger partial charge in [0.2, 0.25) is 11.7 Å². The van der Waals surface area contributed by atoms with Crippen molar-refractivity contribution in [2.24, 2.45) is 5.41 Å². The van der Waals surface area contributed by atoms with Gasteiger partial charge in [-0.15, -0.1) is 0 Å². The summed E-state index contributed by atoms with van der Waals surface area (Å²) < 4.78 is 36.9. The van der Waals surface area contributed by atoms with Crippen LogP contribution in [0.3, 0.4) is 0 Å². The van der Waals surface area contributed by atoms with Crippen molar-refractivity contribution in [3.05, 3.63) is 53.3 Å². The van der Waals surface area contributed by atoms with Crippen molar-refractivity contribution in [2.75, 3.05) is 34.5 Å². The second-order valence-electron chi connectivity index (χ2n) is 11.5. The maximum Gasteiger partial charge on any atom is 0.229 e.